The fraction of sp³-hybridized carbons (Fsp3) is 0.462. The molecule has 7 nitrogen and oxygen atoms in total. The van der Waals surface area contributed by atoms with Crippen LogP contribution in [0.5, 0.6) is 0 Å². The van der Waals surface area contributed by atoms with Crippen LogP contribution in [0, 0.1) is 25.3 Å². The van der Waals surface area contributed by atoms with E-state index in [-0.39, 0.29) is 12.6 Å². The Bertz CT molecular complexity index is 545. The summed E-state index contributed by atoms with van der Waals surface area (Å²) in [7, 11) is 0. The van der Waals surface area contributed by atoms with Gasteiger partial charge in [0, 0.05) is 11.4 Å². The molecule has 0 aliphatic rings. The van der Waals surface area contributed by atoms with Crippen LogP contribution in [0.4, 0.5) is 5.95 Å². The van der Waals surface area contributed by atoms with Gasteiger partial charge in [-0.1, -0.05) is 0 Å². The van der Waals surface area contributed by atoms with Crippen LogP contribution in [0.25, 0.3) is 0 Å². The van der Waals surface area contributed by atoms with E-state index in [0.29, 0.717) is 11.4 Å². The summed E-state index contributed by atoms with van der Waals surface area (Å²) >= 11 is 0. The second kappa shape index (κ2) is 6.61. The van der Waals surface area contributed by atoms with Crippen LogP contribution in [0.2, 0.25) is 0 Å². The molecule has 0 aliphatic carbocycles. The minimum Gasteiger partial charge on any atom is -0.464 e. The normalized spacial score (nSPS) is 11.3. The van der Waals surface area contributed by atoms with Gasteiger partial charge in [-0.15, -0.1) is 0 Å². The number of rotatable bonds is 5. The highest BCUT2D eigenvalue weighted by Gasteiger charge is 2.34. The van der Waals surface area contributed by atoms with Gasteiger partial charge in [0.1, 0.15) is 0 Å². The molecule has 0 saturated carbocycles. The first-order chi connectivity index (χ1) is 9.40. The number of hydrogen-bond acceptors (Lipinski definition) is 7. The van der Waals surface area contributed by atoms with Crippen molar-refractivity contribution >= 4 is 17.7 Å². The van der Waals surface area contributed by atoms with E-state index in [1.807, 2.05) is 0 Å². The van der Waals surface area contributed by atoms with Crippen LogP contribution in [0.15, 0.2) is 6.07 Å². The minimum absolute atomic E-state index is 0.0123. The summed E-state index contributed by atoms with van der Waals surface area (Å²) in [6, 6.07) is 0.368. The lowest BCUT2D eigenvalue weighted by atomic mass is 10.2. The van der Waals surface area contributed by atoms with E-state index in [0.717, 1.165) is 4.90 Å². The zero-order valence-electron chi connectivity index (χ0n) is 11.9. The molecule has 1 rings (SSSR count). The Morgan fingerprint density at radius 1 is 1.40 bits per heavy atom. The van der Waals surface area contributed by atoms with Gasteiger partial charge in [-0.25, -0.2) is 19.7 Å². The molecule has 0 amide bonds. The second-order valence-electron chi connectivity index (χ2n) is 4.19. The maximum Gasteiger partial charge on any atom is 0.337 e. The van der Waals surface area contributed by atoms with E-state index in [1.54, 1.807) is 33.0 Å². The molecule has 1 aromatic heterocycles. The van der Waals surface area contributed by atoms with Gasteiger partial charge in [0.05, 0.1) is 6.61 Å². The van der Waals surface area contributed by atoms with E-state index in [9.17, 15) is 14.9 Å². The van der Waals surface area contributed by atoms with Crippen molar-refractivity contribution in [2.45, 2.75) is 33.7 Å². The number of aryl methyl sites for hydroxylation is 2. The van der Waals surface area contributed by atoms with Crippen LogP contribution in [0.1, 0.15) is 25.2 Å². The molecule has 0 N–H and O–H groups in total. The molecule has 106 valence electrons. The first-order valence-corrected chi connectivity index (χ1v) is 6.09. The van der Waals surface area contributed by atoms with Crippen molar-refractivity contribution in [1.29, 1.82) is 5.26 Å². The predicted octanol–water partition coefficient (Wildman–Crippen LogP) is 0.902. The topological polar surface area (TPSA) is 96.2 Å². The third kappa shape index (κ3) is 3.51. The number of Topliss-reactive ketones (excluding diaryl/α,β-unsaturated/α-hetero) is 1. The van der Waals surface area contributed by atoms with Crippen LogP contribution in [-0.4, -0.2) is 34.4 Å². The first-order valence-electron chi connectivity index (χ1n) is 6.09. The van der Waals surface area contributed by atoms with Crippen molar-refractivity contribution in [2.24, 2.45) is 0 Å². The third-order valence-corrected chi connectivity index (χ3v) is 2.45. The number of nitriles is 1. The summed E-state index contributed by atoms with van der Waals surface area (Å²) in [5, 5.41) is 9.23. The maximum absolute atomic E-state index is 11.8. The highest BCUT2D eigenvalue weighted by atomic mass is 16.5. The van der Waals surface area contributed by atoms with Crippen LogP contribution >= 0.6 is 0 Å². The molecule has 1 heterocycles. The maximum atomic E-state index is 11.8. The van der Waals surface area contributed by atoms with E-state index in [1.165, 1.54) is 6.92 Å². The van der Waals surface area contributed by atoms with Crippen molar-refractivity contribution in [3.63, 3.8) is 0 Å². The van der Waals surface area contributed by atoms with E-state index in [4.69, 9.17) is 4.74 Å². The number of ether oxygens (including phenoxy) is 1. The number of carbonyl (C=O) groups is 2. The average molecular weight is 276 g/mol. The number of nitrogens with zero attached hydrogens (tertiary/aromatic N) is 4. The standard InChI is InChI=1S/C13H16N4O3/c1-5-20-12(19)11(10(4)18)17(7-14)13-15-8(2)6-9(3)16-13/h6,11H,5H2,1-4H3. The molecule has 0 aromatic carbocycles. The molecule has 0 aliphatic heterocycles. The molecular formula is C13H16N4O3. The van der Waals surface area contributed by atoms with Gasteiger partial charge in [0.15, 0.2) is 12.0 Å². The Labute approximate surface area is 117 Å². The second-order valence-corrected chi connectivity index (χ2v) is 4.19. The number of aromatic nitrogens is 2. The average Bonchev–Trinajstić information content (AvgIpc) is 2.33. The summed E-state index contributed by atoms with van der Waals surface area (Å²) in [4.78, 5) is 32.5. The van der Waals surface area contributed by atoms with Crippen molar-refractivity contribution in [3.05, 3.63) is 17.5 Å². The summed E-state index contributed by atoms with van der Waals surface area (Å²) in [5.41, 5.74) is 1.28. The van der Waals surface area contributed by atoms with E-state index < -0.39 is 17.8 Å². The summed E-state index contributed by atoms with van der Waals surface area (Å²) in [5.74, 6) is -1.28. The Balaban J connectivity index is 3.24. The van der Waals surface area contributed by atoms with Crippen molar-refractivity contribution < 1.29 is 14.3 Å². The predicted molar refractivity (Wildman–Crippen MR) is 70.7 cm³/mol. The van der Waals surface area contributed by atoms with Crippen molar-refractivity contribution in [1.82, 2.24) is 9.97 Å². The monoisotopic (exact) mass is 276 g/mol. The fourth-order valence-electron chi connectivity index (χ4n) is 1.71. The molecule has 0 fully saturated rings. The minimum atomic E-state index is -1.36. The summed E-state index contributed by atoms with van der Waals surface area (Å²) in [6.45, 7) is 6.44. The first kappa shape index (κ1) is 15.6. The molecule has 0 bridgehead atoms. The number of hydrogen-bond donors (Lipinski definition) is 0. The summed E-state index contributed by atoms with van der Waals surface area (Å²) in [6.07, 6.45) is 1.78. The number of ketones is 1. The van der Waals surface area contributed by atoms with Crippen molar-refractivity contribution in [3.8, 4) is 6.19 Å². The van der Waals surface area contributed by atoms with Crippen LogP contribution in [-0.2, 0) is 14.3 Å². The number of carbonyl (C=O) groups excluding carboxylic acids is 2. The fourth-order valence-corrected chi connectivity index (χ4v) is 1.71. The molecule has 0 spiro atoms. The quantitative estimate of drug-likeness (QED) is 0.341. The Kier molecular flexibility index (Phi) is 5.15. The highest BCUT2D eigenvalue weighted by molar-refractivity contribution is 6.05. The summed E-state index contributed by atoms with van der Waals surface area (Å²) < 4.78 is 4.82. The van der Waals surface area contributed by atoms with Gasteiger partial charge in [-0.2, -0.15) is 5.26 Å². The largest absolute Gasteiger partial charge is 0.464 e. The Hall–Kier alpha value is -2.49. The van der Waals surface area contributed by atoms with E-state index in [2.05, 4.69) is 9.97 Å². The van der Waals surface area contributed by atoms with Crippen LogP contribution in [0.3, 0.4) is 0 Å². The molecule has 1 atom stereocenters. The van der Waals surface area contributed by atoms with Gasteiger partial charge in [0.2, 0.25) is 12.0 Å². The molecule has 1 aromatic rings. The lowest BCUT2D eigenvalue weighted by molar-refractivity contribution is -0.147. The highest BCUT2D eigenvalue weighted by Crippen LogP contribution is 2.14. The smallest absolute Gasteiger partial charge is 0.337 e. The molecule has 7 heteroatoms. The van der Waals surface area contributed by atoms with Gasteiger partial charge in [0.25, 0.3) is 0 Å². The van der Waals surface area contributed by atoms with E-state index >= 15 is 0 Å². The molecular weight excluding hydrogens is 260 g/mol. The van der Waals surface area contributed by atoms with Gasteiger partial charge < -0.3 is 4.74 Å². The lowest BCUT2D eigenvalue weighted by Crippen LogP contribution is -2.45. The van der Waals surface area contributed by atoms with Gasteiger partial charge in [-0.05, 0) is 33.8 Å². The molecule has 0 radical (unpaired) electrons. The zero-order valence-corrected chi connectivity index (χ0v) is 11.9. The zero-order chi connectivity index (χ0) is 15.3. The van der Waals surface area contributed by atoms with Gasteiger partial charge in [-0.3, -0.25) is 4.79 Å². The lowest BCUT2D eigenvalue weighted by Gasteiger charge is -2.21. The number of anilines is 1. The molecule has 20 heavy (non-hydrogen) atoms. The van der Waals surface area contributed by atoms with Gasteiger partial charge >= 0.3 is 5.97 Å². The number of esters is 1. The van der Waals surface area contributed by atoms with Crippen LogP contribution < -0.4 is 4.90 Å². The molecule has 1 unspecified atom stereocenters. The SMILES string of the molecule is CCOC(=O)C(C(C)=O)N(C#N)c1nc(C)cc(C)n1. The third-order valence-electron chi connectivity index (χ3n) is 2.45. The molecule has 0 saturated heterocycles. The Morgan fingerprint density at radius 2 is 1.95 bits per heavy atom. The Morgan fingerprint density at radius 3 is 2.35 bits per heavy atom. The van der Waals surface area contributed by atoms with Crippen molar-refractivity contribution in [2.75, 3.05) is 11.5 Å².